The maximum absolute atomic E-state index is 12.9. The predicted molar refractivity (Wildman–Crippen MR) is 99.4 cm³/mol. The summed E-state index contributed by atoms with van der Waals surface area (Å²) in [6, 6.07) is 4.67. The fraction of sp³-hybridized carbons (Fsp3) is 0.350. The molecular weight excluding hydrogens is 385 g/mol. The summed E-state index contributed by atoms with van der Waals surface area (Å²) in [5.41, 5.74) is -0.452. The number of pyridine rings is 1. The first kappa shape index (κ1) is 18.1. The molecule has 2 fully saturated rings. The van der Waals surface area contributed by atoms with Gasteiger partial charge >= 0.3 is 6.18 Å². The van der Waals surface area contributed by atoms with E-state index in [1.165, 1.54) is 6.07 Å². The minimum atomic E-state index is -4.54. The van der Waals surface area contributed by atoms with Crippen LogP contribution in [0.25, 0.3) is 22.0 Å². The van der Waals surface area contributed by atoms with Gasteiger partial charge in [-0.25, -0.2) is 0 Å². The average Bonchev–Trinajstić information content (AvgIpc) is 3.31. The lowest BCUT2D eigenvalue weighted by Gasteiger charge is -2.21. The summed E-state index contributed by atoms with van der Waals surface area (Å²) in [4.78, 5) is 4.15. The van der Waals surface area contributed by atoms with E-state index in [1.54, 1.807) is 18.5 Å². The molecule has 2 saturated heterocycles. The van der Waals surface area contributed by atoms with Gasteiger partial charge in [0.2, 0.25) is 0 Å². The Hall–Kier alpha value is -2.94. The van der Waals surface area contributed by atoms with Crippen LogP contribution < -0.4 is 5.32 Å². The molecule has 0 radical (unpaired) electrons. The minimum Gasteiger partial charge on any atom is -0.507 e. The Morgan fingerprint density at radius 2 is 1.97 bits per heavy atom. The van der Waals surface area contributed by atoms with Crippen molar-refractivity contribution < 1.29 is 23.0 Å². The van der Waals surface area contributed by atoms with Crippen LogP contribution in [0.3, 0.4) is 0 Å². The molecule has 2 aromatic heterocycles. The molecule has 0 amide bonds. The van der Waals surface area contributed by atoms with Gasteiger partial charge in [-0.05, 0) is 43.5 Å². The van der Waals surface area contributed by atoms with Crippen molar-refractivity contribution in [2.24, 2.45) is 0 Å². The number of alkyl halides is 3. The Morgan fingerprint density at radius 3 is 2.66 bits per heavy atom. The van der Waals surface area contributed by atoms with Crippen LogP contribution in [-0.2, 0) is 10.9 Å². The smallest absolute Gasteiger partial charge is 0.416 e. The molecule has 3 aromatic rings. The van der Waals surface area contributed by atoms with Crippen molar-refractivity contribution in [3.8, 4) is 17.0 Å². The highest BCUT2D eigenvalue weighted by Gasteiger charge is 2.41. The van der Waals surface area contributed by atoms with E-state index in [0.29, 0.717) is 28.4 Å². The molecule has 6 nitrogen and oxygen atoms in total. The van der Waals surface area contributed by atoms with Gasteiger partial charge in [-0.2, -0.15) is 13.2 Å². The number of halogens is 3. The molecule has 150 valence electrons. The second kappa shape index (κ2) is 6.55. The molecule has 4 heterocycles. The molecule has 2 aliphatic heterocycles. The number of fused-ring (bicyclic) bond motifs is 3. The minimum absolute atomic E-state index is 0.136. The lowest BCUT2D eigenvalue weighted by atomic mass is 9.95. The summed E-state index contributed by atoms with van der Waals surface area (Å²) < 4.78 is 44.6. The fourth-order valence-electron chi connectivity index (χ4n) is 4.18. The van der Waals surface area contributed by atoms with E-state index in [1.807, 2.05) is 0 Å². The molecule has 0 unspecified atom stereocenters. The van der Waals surface area contributed by atoms with Gasteiger partial charge in [0.05, 0.1) is 23.8 Å². The first-order valence-corrected chi connectivity index (χ1v) is 9.33. The lowest BCUT2D eigenvalue weighted by Crippen LogP contribution is -2.31. The summed E-state index contributed by atoms with van der Waals surface area (Å²) in [5.74, 6) is 0.0406. The largest absolute Gasteiger partial charge is 0.507 e. The molecule has 1 aromatic carbocycles. The number of nitrogens with one attached hydrogen (secondary N) is 1. The van der Waals surface area contributed by atoms with Gasteiger partial charge in [0.25, 0.3) is 0 Å². The number of rotatable bonds is 3. The van der Waals surface area contributed by atoms with E-state index < -0.39 is 17.5 Å². The van der Waals surface area contributed by atoms with E-state index in [4.69, 9.17) is 4.74 Å². The molecule has 0 aliphatic carbocycles. The van der Waals surface area contributed by atoms with E-state index in [-0.39, 0.29) is 23.8 Å². The zero-order valence-electron chi connectivity index (χ0n) is 15.1. The number of aromatic hydroxyl groups is 1. The van der Waals surface area contributed by atoms with Crippen LogP contribution in [-0.4, -0.2) is 38.5 Å². The molecule has 2 N–H and O–H groups in total. The maximum atomic E-state index is 12.9. The average molecular weight is 402 g/mol. The van der Waals surface area contributed by atoms with E-state index in [0.717, 1.165) is 25.3 Å². The third kappa shape index (κ3) is 3.15. The van der Waals surface area contributed by atoms with Gasteiger partial charge in [-0.3, -0.25) is 4.98 Å². The van der Waals surface area contributed by atoms with Crippen LogP contribution in [0.2, 0.25) is 0 Å². The van der Waals surface area contributed by atoms with E-state index in [9.17, 15) is 18.3 Å². The van der Waals surface area contributed by atoms with Crippen LogP contribution in [0, 0.1) is 0 Å². The van der Waals surface area contributed by atoms with Crippen LogP contribution in [0.4, 0.5) is 19.0 Å². The second-order valence-electron chi connectivity index (χ2n) is 7.41. The third-order valence-corrected chi connectivity index (χ3v) is 5.59. The Bertz CT molecular complexity index is 1090. The van der Waals surface area contributed by atoms with Crippen LogP contribution >= 0.6 is 0 Å². The molecule has 29 heavy (non-hydrogen) atoms. The number of phenols is 1. The normalized spacial score (nSPS) is 23.6. The van der Waals surface area contributed by atoms with Gasteiger partial charge in [-0.15, -0.1) is 10.2 Å². The zero-order chi connectivity index (χ0) is 20.2. The standard InChI is InChI=1S/C20H17F3N4O2/c21-20(22,23)10-1-3-13(16(28)7-10)18-12-5-6-24-9-14(12)19(27-26-18)25-15-8-11-2-4-17(15)29-11/h1,3,5-7,9,11,15,17,28H,2,4,8H2,(H,25,27)/t11-,15-,17+/m1/s1. The van der Waals surface area contributed by atoms with Crippen molar-refractivity contribution >= 4 is 16.6 Å². The molecule has 2 bridgehead atoms. The van der Waals surface area contributed by atoms with Crippen molar-refractivity contribution in [1.82, 2.24) is 15.2 Å². The topological polar surface area (TPSA) is 80.2 Å². The third-order valence-electron chi connectivity index (χ3n) is 5.59. The molecule has 0 spiro atoms. The first-order valence-electron chi connectivity index (χ1n) is 9.33. The Balaban J connectivity index is 1.55. The number of nitrogens with zero attached hydrogens (tertiary/aromatic N) is 3. The summed E-state index contributed by atoms with van der Waals surface area (Å²) >= 11 is 0. The monoisotopic (exact) mass is 402 g/mol. The highest BCUT2D eigenvalue weighted by molar-refractivity contribution is 6.00. The van der Waals surface area contributed by atoms with E-state index >= 15 is 0 Å². The summed E-state index contributed by atoms with van der Waals surface area (Å²) in [6.45, 7) is 0. The number of aromatic nitrogens is 3. The Kier molecular flexibility index (Phi) is 4.09. The lowest BCUT2D eigenvalue weighted by molar-refractivity contribution is -0.137. The second-order valence-corrected chi connectivity index (χ2v) is 7.41. The van der Waals surface area contributed by atoms with E-state index in [2.05, 4.69) is 20.5 Å². The van der Waals surface area contributed by atoms with Crippen molar-refractivity contribution in [2.45, 2.75) is 43.7 Å². The molecule has 5 rings (SSSR count). The number of phenolic OH excluding ortho intramolecular Hbond substituents is 1. The highest BCUT2D eigenvalue weighted by atomic mass is 19.4. The number of anilines is 1. The molecule has 3 atom stereocenters. The highest BCUT2D eigenvalue weighted by Crippen LogP contribution is 2.40. The van der Waals surface area contributed by atoms with Gasteiger partial charge in [0.1, 0.15) is 11.4 Å². The Labute approximate surface area is 163 Å². The summed E-state index contributed by atoms with van der Waals surface area (Å²) in [7, 11) is 0. The van der Waals surface area contributed by atoms with Gasteiger partial charge in [0.15, 0.2) is 5.82 Å². The van der Waals surface area contributed by atoms with Gasteiger partial charge < -0.3 is 15.2 Å². The summed E-state index contributed by atoms with van der Waals surface area (Å²) in [6.07, 6.45) is 2.06. The van der Waals surface area contributed by atoms with Gasteiger partial charge in [0, 0.05) is 28.7 Å². The van der Waals surface area contributed by atoms with Crippen LogP contribution in [0.15, 0.2) is 36.7 Å². The van der Waals surface area contributed by atoms with Crippen LogP contribution in [0.1, 0.15) is 24.8 Å². The summed E-state index contributed by atoms with van der Waals surface area (Å²) in [5, 5.41) is 23.4. The van der Waals surface area contributed by atoms with Crippen molar-refractivity contribution in [2.75, 3.05) is 5.32 Å². The van der Waals surface area contributed by atoms with Crippen molar-refractivity contribution in [3.05, 3.63) is 42.2 Å². The van der Waals surface area contributed by atoms with Crippen LogP contribution in [0.5, 0.6) is 5.75 Å². The number of hydrogen-bond acceptors (Lipinski definition) is 6. The number of benzene rings is 1. The number of ether oxygens (including phenoxy) is 1. The van der Waals surface area contributed by atoms with Gasteiger partial charge in [-0.1, -0.05) is 0 Å². The van der Waals surface area contributed by atoms with Crippen molar-refractivity contribution in [1.29, 1.82) is 0 Å². The fourth-order valence-corrected chi connectivity index (χ4v) is 4.18. The molecule has 9 heteroatoms. The molecular formula is C20H17F3N4O2. The number of hydrogen-bond donors (Lipinski definition) is 2. The zero-order valence-corrected chi connectivity index (χ0v) is 15.1. The van der Waals surface area contributed by atoms with Crippen molar-refractivity contribution in [3.63, 3.8) is 0 Å². The molecule has 2 aliphatic rings. The SMILES string of the molecule is Oc1cc(C(F)(F)F)ccc1-c1nnc(N[C@@H]2C[C@H]3CC[C@@H]2O3)c2cnccc12. The quantitative estimate of drug-likeness (QED) is 0.685. The predicted octanol–water partition coefficient (Wildman–Crippen LogP) is 4.15. The first-order chi connectivity index (χ1) is 13.9. The maximum Gasteiger partial charge on any atom is 0.416 e. The Morgan fingerprint density at radius 1 is 1.10 bits per heavy atom. The molecule has 0 saturated carbocycles.